The lowest BCUT2D eigenvalue weighted by Crippen LogP contribution is -2.44. The van der Waals surface area contributed by atoms with E-state index in [4.69, 9.17) is 10.5 Å². The van der Waals surface area contributed by atoms with E-state index < -0.39 is 5.54 Å². The molecular formula is C9H19NO2. The zero-order valence-corrected chi connectivity index (χ0v) is 8.39. The van der Waals surface area contributed by atoms with Gasteiger partial charge in [-0.3, -0.25) is 4.79 Å². The molecule has 0 radical (unpaired) electrons. The van der Waals surface area contributed by atoms with Gasteiger partial charge < -0.3 is 10.5 Å². The Kier molecular flexibility index (Phi) is 4.24. The number of hydrogen-bond donors (Lipinski definition) is 1. The Morgan fingerprint density at radius 3 is 2.42 bits per heavy atom. The summed E-state index contributed by atoms with van der Waals surface area (Å²) in [5, 5.41) is 0. The van der Waals surface area contributed by atoms with Crippen molar-refractivity contribution < 1.29 is 9.53 Å². The lowest BCUT2D eigenvalue weighted by atomic mass is 9.86. The van der Waals surface area contributed by atoms with Gasteiger partial charge in [-0.25, -0.2) is 0 Å². The molecule has 1 atom stereocenters. The predicted molar refractivity (Wildman–Crippen MR) is 48.7 cm³/mol. The molecule has 0 fully saturated rings. The first kappa shape index (κ1) is 11.4. The van der Waals surface area contributed by atoms with Gasteiger partial charge in [0.1, 0.15) is 0 Å². The van der Waals surface area contributed by atoms with Crippen molar-refractivity contribution in [2.24, 2.45) is 11.7 Å². The predicted octanol–water partition coefficient (Wildman–Crippen LogP) is 1.31. The summed E-state index contributed by atoms with van der Waals surface area (Å²) in [5.74, 6) is 0.0677. The van der Waals surface area contributed by atoms with Crippen LogP contribution in [-0.2, 0) is 9.53 Å². The first-order valence-corrected chi connectivity index (χ1v) is 4.34. The molecule has 3 heteroatoms. The van der Waals surface area contributed by atoms with E-state index in [1.165, 1.54) is 0 Å². The van der Waals surface area contributed by atoms with E-state index in [0.717, 1.165) is 0 Å². The van der Waals surface area contributed by atoms with Crippen LogP contribution in [0, 0.1) is 5.92 Å². The highest BCUT2D eigenvalue weighted by Crippen LogP contribution is 2.17. The SMILES string of the molecule is CCOC(=O)C[C@](C)(N)C(C)C. The van der Waals surface area contributed by atoms with Gasteiger partial charge in [-0.2, -0.15) is 0 Å². The maximum atomic E-state index is 11.1. The second-order valence-corrected chi connectivity index (χ2v) is 3.64. The molecule has 0 amide bonds. The largest absolute Gasteiger partial charge is 0.466 e. The Labute approximate surface area is 74.3 Å². The van der Waals surface area contributed by atoms with E-state index in [1.54, 1.807) is 6.92 Å². The summed E-state index contributed by atoms with van der Waals surface area (Å²) in [6.45, 7) is 8.08. The average molecular weight is 173 g/mol. The van der Waals surface area contributed by atoms with E-state index in [9.17, 15) is 4.79 Å². The zero-order valence-electron chi connectivity index (χ0n) is 8.39. The zero-order chi connectivity index (χ0) is 9.78. The molecule has 0 spiro atoms. The summed E-state index contributed by atoms with van der Waals surface area (Å²) in [6, 6.07) is 0. The molecule has 0 saturated heterocycles. The van der Waals surface area contributed by atoms with Crippen LogP contribution in [0.2, 0.25) is 0 Å². The van der Waals surface area contributed by atoms with Crippen molar-refractivity contribution in [3.8, 4) is 0 Å². The molecule has 0 aliphatic carbocycles. The Morgan fingerprint density at radius 2 is 2.08 bits per heavy atom. The summed E-state index contributed by atoms with van der Waals surface area (Å²) in [4.78, 5) is 11.1. The Bertz CT molecular complexity index is 153. The van der Waals surface area contributed by atoms with Crippen molar-refractivity contribution in [1.82, 2.24) is 0 Å². The van der Waals surface area contributed by atoms with Gasteiger partial charge in [-0.05, 0) is 19.8 Å². The summed E-state index contributed by atoms with van der Waals surface area (Å²) in [6.07, 6.45) is 0.290. The van der Waals surface area contributed by atoms with E-state index in [2.05, 4.69) is 0 Å². The molecule has 0 aromatic rings. The first-order valence-electron chi connectivity index (χ1n) is 4.34. The number of nitrogens with two attached hydrogens (primary N) is 1. The van der Waals surface area contributed by atoms with Crippen LogP contribution in [-0.4, -0.2) is 18.1 Å². The van der Waals surface area contributed by atoms with Gasteiger partial charge in [0.15, 0.2) is 0 Å². The van der Waals surface area contributed by atoms with Crippen LogP contribution in [0.25, 0.3) is 0 Å². The van der Waals surface area contributed by atoms with Crippen LogP contribution in [0.3, 0.4) is 0 Å². The molecule has 3 nitrogen and oxygen atoms in total. The standard InChI is InChI=1S/C9H19NO2/c1-5-12-8(11)6-9(4,10)7(2)3/h7H,5-6,10H2,1-4H3/t9-/m0/s1. The molecule has 0 aliphatic heterocycles. The number of esters is 1. The molecule has 0 heterocycles. The van der Waals surface area contributed by atoms with Gasteiger partial charge in [-0.15, -0.1) is 0 Å². The van der Waals surface area contributed by atoms with Crippen LogP contribution in [0.5, 0.6) is 0 Å². The monoisotopic (exact) mass is 173 g/mol. The molecule has 2 N–H and O–H groups in total. The smallest absolute Gasteiger partial charge is 0.307 e. The van der Waals surface area contributed by atoms with Crippen LogP contribution in [0.15, 0.2) is 0 Å². The maximum absolute atomic E-state index is 11.1. The van der Waals surface area contributed by atoms with Gasteiger partial charge in [-0.1, -0.05) is 13.8 Å². The highest BCUT2D eigenvalue weighted by atomic mass is 16.5. The topological polar surface area (TPSA) is 52.3 Å². The Morgan fingerprint density at radius 1 is 1.58 bits per heavy atom. The van der Waals surface area contributed by atoms with Crippen molar-refractivity contribution in [3.63, 3.8) is 0 Å². The molecule has 0 rings (SSSR count). The summed E-state index contributed by atoms with van der Waals surface area (Å²) < 4.78 is 4.81. The quantitative estimate of drug-likeness (QED) is 0.652. The van der Waals surface area contributed by atoms with Crippen molar-refractivity contribution in [2.75, 3.05) is 6.61 Å². The minimum absolute atomic E-state index is 0.212. The molecule has 0 aromatic carbocycles. The molecular weight excluding hydrogens is 154 g/mol. The Balaban J connectivity index is 3.97. The van der Waals surface area contributed by atoms with E-state index >= 15 is 0 Å². The Hall–Kier alpha value is -0.570. The molecule has 0 saturated carbocycles. The lowest BCUT2D eigenvalue weighted by molar-refractivity contribution is -0.144. The molecule has 0 aliphatic rings. The van der Waals surface area contributed by atoms with Gasteiger partial charge in [0.2, 0.25) is 0 Å². The number of hydrogen-bond acceptors (Lipinski definition) is 3. The van der Waals surface area contributed by atoms with Gasteiger partial charge in [0.25, 0.3) is 0 Å². The summed E-state index contributed by atoms with van der Waals surface area (Å²) in [7, 11) is 0. The van der Waals surface area contributed by atoms with Crippen molar-refractivity contribution in [1.29, 1.82) is 0 Å². The number of carbonyl (C=O) groups excluding carboxylic acids is 1. The highest BCUT2D eigenvalue weighted by molar-refractivity contribution is 5.70. The number of rotatable bonds is 4. The normalized spacial score (nSPS) is 15.8. The summed E-state index contributed by atoms with van der Waals surface area (Å²) in [5.41, 5.74) is 5.44. The van der Waals surface area contributed by atoms with Crippen LogP contribution >= 0.6 is 0 Å². The third-order valence-corrected chi connectivity index (χ3v) is 2.15. The lowest BCUT2D eigenvalue weighted by Gasteiger charge is -2.27. The molecule has 0 unspecified atom stereocenters. The van der Waals surface area contributed by atoms with E-state index in [-0.39, 0.29) is 11.9 Å². The fraction of sp³-hybridized carbons (Fsp3) is 0.889. The highest BCUT2D eigenvalue weighted by Gasteiger charge is 2.26. The number of ether oxygens (including phenoxy) is 1. The molecule has 72 valence electrons. The van der Waals surface area contributed by atoms with Crippen LogP contribution in [0.1, 0.15) is 34.1 Å². The van der Waals surface area contributed by atoms with E-state index in [0.29, 0.717) is 13.0 Å². The fourth-order valence-electron chi connectivity index (χ4n) is 0.727. The number of carbonyl (C=O) groups is 1. The van der Waals surface area contributed by atoms with Gasteiger partial charge in [0.05, 0.1) is 13.0 Å². The molecule has 0 aromatic heterocycles. The minimum Gasteiger partial charge on any atom is -0.466 e. The molecule has 12 heavy (non-hydrogen) atoms. The fourth-order valence-corrected chi connectivity index (χ4v) is 0.727. The molecule has 0 bridgehead atoms. The van der Waals surface area contributed by atoms with Crippen LogP contribution in [0.4, 0.5) is 0 Å². The average Bonchev–Trinajstić information content (AvgIpc) is 1.85. The summed E-state index contributed by atoms with van der Waals surface area (Å²) >= 11 is 0. The van der Waals surface area contributed by atoms with Gasteiger partial charge >= 0.3 is 5.97 Å². The van der Waals surface area contributed by atoms with Crippen molar-refractivity contribution in [3.05, 3.63) is 0 Å². The van der Waals surface area contributed by atoms with Crippen LogP contribution < -0.4 is 5.73 Å². The van der Waals surface area contributed by atoms with Crippen molar-refractivity contribution >= 4 is 5.97 Å². The maximum Gasteiger partial charge on any atom is 0.307 e. The van der Waals surface area contributed by atoms with Crippen molar-refractivity contribution in [2.45, 2.75) is 39.7 Å². The second kappa shape index (κ2) is 4.45. The minimum atomic E-state index is -0.452. The third kappa shape index (κ3) is 3.72. The van der Waals surface area contributed by atoms with E-state index in [1.807, 2.05) is 20.8 Å². The van der Waals surface area contributed by atoms with Gasteiger partial charge in [0, 0.05) is 5.54 Å². The first-order chi connectivity index (χ1) is 5.40. The second-order valence-electron chi connectivity index (χ2n) is 3.64. The third-order valence-electron chi connectivity index (χ3n) is 2.15.